The van der Waals surface area contributed by atoms with Crippen LogP contribution < -0.4 is 32.8 Å². The van der Waals surface area contributed by atoms with Gasteiger partial charge in [-0.25, -0.2) is 4.79 Å². The van der Waals surface area contributed by atoms with Gasteiger partial charge in [-0.2, -0.15) is 5.26 Å². The number of carbonyl (C=O) groups is 1. The van der Waals surface area contributed by atoms with E-state index >= 15 is 0 Å². The maximum atomic E-state index is 11.8. The molecule has 1 aliphatic rings. The molecule has 0 unspecified atom stereocenters. The van der Waals surface area contributed by atoms with Gasteiger partial charge in [-0.15, -0.1) is 0 Å². The number of ether oxygens (including phenoxy) is 1. The Bertz CT molecular complexity index is 780. The van der Waals surface area contributed by atoms with Crippen LogP contribution in [0, 0.1) is 11.3 Å². The number of nitriles is 1. The van der Waals surface area contributed by atoms with Crippen molar-refractivity contribution >= 4 is 17.6 Å². The second-order valence-corrected chi connectivity index (χ2v) is 4.96. The predicted molar refractivity (Wildman–Crippen MR) is 85.2 cm³/mol. The van der Waals surface area contributed by atoms with E-state index in [9.17, 15) is 4.79 Å². The minimum atomic E-state index is -0.577. The van der Waals surface area contributed by atoms with E-state index in [0.717, 1.165) is 24.5 Å². The molecule has 0 fully saturated rings. The minimum Gasteiger partial charge on any atom is -1.00 e. The lowest BCUT2D eigenvalue weighted by Crippen LogP contribution is -3.00. The van der Waals surface area contributed by atoms with Gasteiger partial charge in [0.25, 0.3) is 5.84 Å². The topological polar surface area (TPSA) is 88.1 Å². The van der Waals surface area contributed by atoms with Crippen LogP contribution >= 0.6 is 0 Å². The first-order valence-corrected chi connectivity index (χ1v) is 7.19. The molecule has 0 aromatic heterocycles. The standard InChI is InChI=1S/C17H14N4O2.ClH/c18-11-12-1-5-14(6-2-12)21-17(22)23-15-7-3-13(4-8-15)16-19-9-10-20-16;/h1-8H,9-10H2,(H,19,20)(H,21,22);1H. The molecule has 122 valence electrons. The fraction of sp³-hybridized carbons (Fsp3) is 0.118. The van der Waals surface area contributed by atoms with E-state index in [1.54, 1.807) is 36.4 Å². The number of halogens is 1. The predicted octanol–water partition coefficient (Wildman–Crippen LogP) is -2.40. The zero-order valence-corrected chi connectivity index (χ0v) is 13.4. The number of rotatable bonds is 3. The van der Waals surface area contributed by atoms with Gasteiger partial charge in [0.05, 0.1) is 17.2 Å². The molecule has 1 aliphatic heterocycles. The van der Waals surface area contributed by atoms with Gasteiger partial charge in [0.1, 0.15) is 18.8 Å². The quantitative estimate of drug-likeness (QED) is 0.580. The van der Waals surface area contributed by atoms with Crippen molar-refractivity contribution in [2.75, 3.05) is 18.4 Å². The molecular weight excluding hydrogens is 328 g/mol. The van der Waals surface area contributed by atoms with E-state index in [1.807, 2.05) is 18.2 Å². The smallest absolute Gasteiger partial charge is 0.417 e. The summed E-state index contributed by atoms with van der Waals surface area (Å²) in [5.74, 6) is 1.44. The lowest BCUT2D eigenvalue weighted by atomic mass is 10.2. The van der Waals surface area contributed by atoms with Crippen molar-refractivity contribution in [3.05, 3.63) is 59.7 Å². The number of amides is 1. The zero-order chi connectivity index (χ0) is 16.1. The fourth-order valence-corrected chi connectivity index (χ4v) is 2.21. The average molecular weight is 343 g/mol. The van der Waals surface area contributed by atoms with Gasteiger partial charge >= 0.3 is 6.09 Å². The van der Waals surface area contributed by atoms with Crippen LogP contribution in [0.5, 0.6) is 5.75 Å². The molecule has 1 amide bonds. The fourth-order valence-electron chi connectivity index (χ4n) is 2.21. The number of hydrogen-bond acceptors (Lipinski definition) is 4. The van der Waals surface area contributed by atoms with Crippen LogP contribution in [0.15, 0.2) is 48.5 Å². The van der Waals surface area contributed by atoms with Crippen LogP contribution in [-0.2, 0) is 0 Å². The number of nitrogens with zero attached hydrogens (tertiary/aromatic N) is 1. The Morgan fingerprint density at radius 3 is 2.46 bits per heavy atom. The molecular formula is C17H15ClN4O2. The maximum Gasteiger partial charge on any atom is 0.417 e. The third-order valence-electron chi connectivity index (χ3n) is 3.34. The zero-order valence-electron chi connectivity index (χ0n) is 12.7. The lowest BCUT2D eigenvalue weighted by Gasteiger charge is -2.07. The van der Waals surface area contributed by atoms with E-state index in [0.29, 0.717) is 17.0 Å². The van der Waals surface area contributed by atoms with Gasteiger partial charge in [0, 0.05) is 5.69 Å². The van der Waals surface area contributed by atoms with E-state index in [-0.39, 0.29) is 12.4 Å². The summed E-state index contributed by atoms with van der Waals surface area (Å²) in [5, 5.41) is 14.6. The Balaban J connectivity index is 0.00000208. The highest BCUT2D eigenvalue weighted by molar-refractivity contribution is 5.95. The van der Waals surface area contributed by atoms with E-state index in [4.69, 9.17) is 10.00 Å². The summed E-state index contributed by atoms with van der Waals surface area (Å²) in [7, 11) is 0. The Labute approximate surface area is 145 Å². The molecule has 7 heteroatoms. The molecule has 3 rings (SSSR count). The Hall–Kier alpha value is -3.04. The summed E-state index contributed by atoms with van der Waals surface area (Å²) in [6, 6.07) is 15.8. The molecule has 0 saturated heterocycles. The minimum absolute atomic E-state index is 0. The first kappa shape index (κ1) is 17.3. The summed E-state index contributed by atoms with van der Waals surface area (Å²) in [6.07, 6.45) is -0.577. The summed E-state index contributed by atoms with van der Waals surface area (Å²) in [6.45, 7) is 1.81. The van der Waals surface area contributed by atoms with Gasteiger partial charge in [0.15, 0.2) is 0 Å². The second kappa shape index (κ2) is 7.99. The van der Waals surface area contributed by atoms with Crippen LogP contribution in [0.4, 0.5) is 10.5 Å². The van der Waals surface area contributed by atoms with Crippen molar-refractivity contribution < 1.29 is 26.9 Å². The molecule has 0 atom stereocenters. The third kappa shape index (κ3) is 4.24. The first-order valence-electron chi connectivity index (χ1n) is 7.19. The molecule has 0 aliphatic carbocycles. The number of amidine groups is 1. The number of anilines is 1. The lowest BCUT2D eigenvalue weighted by molar-refractivity contribution is -0.444. The summed E-state index contributed by atoms with van der Waals surface area (Å²) in [5.41, 5.74) is 2.12. The average Bonchev–Trinajstić information content (AvgIpc) is 3.11. The SMILES string of the molecule is N#Cc1ccc(NC(=O)Oc2ccc(C3=[NH+]CCN3)cc2)cc1.[Cl-]. The molecule has 3 N–H and O–H groups in total. The van der Waals surface area contributed by atoms with Crippen LogP contribution in [0.3, 0.4) is 0 Å². The highest BCUT2D eigenvalue weighted by Crippen LogP contribution is 2.14. The number of carbonyl (C=O) groups excluding carboxylic acids is 1. The van der Waals surface area contributed by atoms with Crippen LogP contribution in [0.2, 0.25) is 0 Å². The van der Waals surface area contributed by atoms with E-state index in [2.05, 4.69) is 15.6 Å². The van der Waals surface area contributed by atoms with Gasteiger partial charge in [-0.3, -0.25) is 15.6 Å². The van der Waals surface area contributed by atoms with Crippen molar-refractivity contribution in [3.8, 4) is 11.8 Å². The van der Waals surface area contributed by atoms with Gasteiger partial charge in [-0.05, 0) is 48.5 Å². The molecule has 24 heavy (non-hydrogen) atoms. The Morgan fingerprint density at radius 1 is 1.17 bits per heavy atom. The largest absolute Gasteiger partial charge is 1.00 e. The monoisotopic (exact) mass is 342 g/mol. The highest BCUT2D eigenvalue weighted by atomic mass is 35.5. The summed E-state index contributed by atoms with van der Waals surface area (Å²) in [4.78, 5) is 15.1. The van der Waals surface area contributed by atoms with E-state index < -0.39 is 6.09 Å². The van der Waals surface area contributed by atoms with Crippen LogP contribution in [-0.4, -0.2) is 25.0 Å². The highest BCUT2D eigenvalue weighted by Gasteiger charge is 2.15. The summed E-state index contributed by atoms with van der Waals surface area (Å²) >= 11 is 0. The van der Waals surface area contributed by atoms with Crippen molar-refractivity contribution in [2.45, 2.75) is 0 Å². The van der Waals surface area contributed by atoms with Crippen LogP contribution in [0.25, 0.3) is 0 Å². The Morgan fingerprint density at radius 2 is 1.88 bits per heavy atom. The Kier molecular flexibility index (Phi) is 5.77. The maximum absolute atomic E-state index is 11.8. The molecule has 1 heterocycles. The normalized spacial score (nSPS) is 12.2. The van der Waals surface area contributed by atoms with Crippen molar-refractivity contribution in [2.24, 2.45) is 0 Å². The molecule has 0 radical (unpaired) electrons. The van der Waals surface area contributed by atoms with Crippen molar-refractivity contribution in [3.63, 3.8) is 0 Å². The third-order valence-corrected chi connectivity index (χ3v) is 3.34. The number of hydrogen-bond donors (Lipinski definition) is 3. The van der Waals surface area contributed by atoms with Gasteiger partial charge in [-0.1, -0.05) is 0 Å². The molecule has 0 bridgehead atoms. The molecule has 2 aromatic rings. The number of benzene rings is 2. The van der Waals surface area contributed by atoms with E-state index in [1.165, 1.54) is 0 Å². The van der Waals surface area contributed by atoms with Gasteiger partial charge in [0.2, 0.25) is 0 Å². The number of nitrogens with one attached hydrogen (secondary N) is 3. The first-order chi connectivity index (χ1) is 11.2. The van der Waals surface area contributed by atoms with Gasteiger partial charge < -0.3 is 17.1 Å². The summed E-state index contributed by atoms with van der Waals surface area (Å²) < 4.78 is 5.23. The molecule has 6 nitrogen and oxygen atoms in total. The van der Waals surface area contributed by atoms with Crippen molar-refractivity contribution in [1.82, 2.24) is 5.32 Å². The molecule has 0 saturated carbocycles. The molecule has 0 spiro atoms. The molecule has 2 aromatic carbocycles. The van der Waals surface area contributed by atoms with Crippen LogP contribution in [0.1, 0.15) is 11.1 Å². The van der Waals surface area contributed by atoms with Crippen molar-refractivity contribution in [1.29, 1.82) is 5.26 Å². The second-order valence-electron chi connectivity index (χ2n) is 4.96.